The van der Waals surface area contributed by atoms with Gasteiger partial charge in [0.05, 0.1) is 16.2 Å². The molecule has 1 heterocycles. The molecule has 1 saturated carbocycles. The van der Waals surface area contributed by atoms with Crippen LogP contribution < -0.4 is 0 Å². The number of hydrogen-bond acceptors (Lipinski definition) is 3. The van der Waals surface area contributed by atoms with Crippen molar-refractivity contribution >= 4 is 9.84 Å². The summed E-state index contributed by atoms with van der Waals surface area (Å²) in [7, 11) is -3.24. The third kappa shape index (κ3) is 2.42. The highest BCUT2D eigenvalue weighted by molar-refractivity contribution is 7.91. The van der Waals surface area contributed by atoms with Gasteiger partial charge in [-0.25, -0.2) is 8.42 Å². The molecule has 3 nitrogen and oxygen atoms in total. The summed E-state index contributed by atoms with van der Waals surface area (Å²) < 4.78 is 24.6. The fourth-order valence-electron chi connectivity index (χ4n) is 4.34. The molecule has 3 unspecified atom stereocenters. The van der Waals surface area contributed by atoms with Gasteiger partial charge in [-0.15, -0.1) is 0 Å². The number of aliphatic hydroxyl groups is 1. The first-order valence-electron chi connectivity index (χ1n) is 8.03. The van der Waals surface area contributed by atoms with E-state index in [1.54, 1.807) is 12.1 Å². The first-order valence-corrected chi connectivity index (χ1v) is 9.69. The molecular weight excluding hydrogens is 284 g/mol. The fourth-order valence-corrected chi connectivity index (χ4v) is 6.01. The van der Waals surface area contributed by atoms with Gasteiger partial charge in [0.2, 0.25) is 0 Å². The van der Waals surface area contributed by atoms with Crippen molar-refractivity contribution in [1.82, 2.24) is 0 Å². The minimum atomic E-state index is -3.24. The van der Waals surface area contributed by atoms with Gasteiger partial charge in [0, 0.05) is 5.56 Å². The number of hydrogen-bond donors (Lipinski definition) is 1. The summed E-state index contributed by atoms with van der Waals surface area (Å²) in [6.45, 7) is 2.18. The van der Waals surface area contributed by atoms with Crippen LogP contribution in [-0.4, -0.2) is 19.3 Å². The van der Waals surface area contributed by atoms with E-state index in [4.69, 9.17) is 0 Å². The van der Waals surface area contributed by atoms with E-state index in [0.717, 1.165) is 25.7 Å². The van der Waals surface area contributed by atoms with Gasteiger partial charge in [-0.2, -0.15) is 0 Å². The van der Waals surface area contributed by atoms with Gasteiger partial charge in [-0.3, -0.25) is 0 Å². The third-order valence-corrected chi connectivity index (χ3v) is 7.26. The zero-order valence-electron chi connectivity index (χ0n) is 12.6. The van der Waals surface area contributed by atoms with Crippen molar-refractivity contribution < 1.29 is 13.5 Å². The molecule has 0 saturated heterocycles. The molecule has 1 aliphatic heterocycles. The Bertz CT molecular complexity index is 623. The molecule has 0 bridgehead atoms. The van der Waals surface area contributed by atoms with Crippen LogP contribution in [0.15, 0.2) is 29.2 Å². The van der Waals surface area contributed by atoms with Crippen LogP contribution in [0.3, 0.4) is 0 Å². The molecular formula is C17H24O3S. The van der Waals surface area contributed by atoms with Crippen LogP contribution in [0.1, 0.15) is 51.0 Å². The maximum absolute atomic E-state index is 12.3. The molecule has 1 N–H and O–H groups in total. The third-order valence-electron chi connectivity index (χ3n) is 5.49. The van der Waals surface area contributed by atoms with Crippen LogP contribution in [0.2, 0.25) is 0 Å². The molecule has 116 valence electrons. The predicted molar refractivity (Wildman–Crippen MR) is 82.7 cm³/mol. The maximum atomic E-state index is 12.3. The number of rotatable bonds is 2. The SMILES string of the molecule is CCC1CCCCC1C1(O)CCS(=O)(=O)c2ccccc21. The Balaban J connectivity index is 2.09. The minimum Gasteiger partial charge on any atom is -0.385 e. The smallest absolute Gasteiger partial charge is 0.178 e. The van der Waals surface area contributed by atoms with Crippen LogP contribution in [0.4, 0.5) is 0 Å². The van der Waals surface area contributed by atoms with Gasteiger partial charge in [0.15, 0.2) is 9.84 Å². The van der Waals surface area contributed by atoms with Crippen LogP contribution in [0.25, 0.3) is 0 Å². The van der Waals surface area contributed by atoms with Crippen LogP contribution >= 0.6 is 0 Å². The quantitative estimate of drug-likeness (QED) is 0.912. The van der Waals surface area contributed by atoms with E-state index >= 15 is 0 Å². The Kier molecular flexibility index (Phi) is 3.87. The molecule has 3 rings (SSSR count). The Morgan fingerprint density at radius 3 is 2.71 bits per heavy atom. The topological polar surface area (TPSA) is 54.4 Å². The van der Waals surface area contributed by atoms with Crippen molar-refractivity contribution in [2.24, 2.45) is 11.8 Å². The van der Waals surface area contributed by atoms with Crippen molar-refractivity contribution in [2.45, 2.75) is 55.9 Å². The van der Waals surface area contributed by atoms with Crippen molar-refractivity contribution in [3.8, 4) is 0 Å². The van der Waals surface area contributed by atoms with Crippen molar-refractivity contribution in [2.75, 3.05) is 5.75 Å². The molecule has 1 aromatic carbocycles. The summed E-state index contributed by atoms with van der Waals surface area (Å²) in [6, 6.07) is 7.06. The van der Waals surface area contributed by atoms with Gasteiger partial charge in [-0.1, -0.05) is 50.8 Å². The Morgan fingerprint density at radius 1 is 1.24 bits per heavy atom. The zero-order valence-corrected chi connectivity index (χ0v) is 13.4. The second-order valence-corrected chi connectivity index (χ2v) is 8.63. The van der Waals surface area contributed by atoms with Gasteiger partial charge in [0.25, 0.3) is 0 Å². The van der Waals surface area contributed by atoms with Crippen molar-refractivity contribution in [3.05, 3.63) is 29.8 Å². The van der Waals surface area contributed by atoms with E-state index in [-0.39, 0.29) is 11.7 Å². The first-order chi connectivity index (χ1) is 9.99. The van der Waals surface area contributed by atoms with Gasteiger partial charge in [0.1, 0.15) is 0 Å². The summed E-state index contributed by atoms with van der Waals surface area (Å²) in [4.78, 5) is 0.346. The van der Waals surface area contributed by atoms with Gasteiger partial charge in [-0.05, 0) is 30.7 Å². The fraction of sp³-hybridized carbons (Fsp3) is 0.647. The van der Waals surface area contributed by atoms with E-state index in [1.165, 1.54) is 6.42 Å². The van der Waals surface area contributed by atoms with Crippen LogP contribution in [-0.2, 0) is 15.4 Å². The molecule has 2 aliphatic rings. The van der Waals surface area contributed by atoms with E-state index in [0.29, 0.717) is 22.8 Å². The first kappa shape index (κ1) is 15.0. The van der Waals surface area contributed by atoms with Crippen molar-refractivity contribution in [3.63, 3.8) is 0 Å². The van der Waals surface area contributed by atoms with E-state index < -0.39 is 15.4 Å². The lowest BCUT2D eigenvalue weighted by Crippen LogP contribution is -2.45. The number of sulfone groups is 1. The zero-order chi connectivity index (χ0) is 15.1. The molecule has 0 spiro atoms. The summed E-state index contributed by atoms with van der Waals surface area (Å²) in [6.07, 6.45) is 5.92. The summed E-state index contributed by atoms with van der Waals surface area (Å²) in [5.41, 5.74) is -0.329. The molecule has 4 heteroatoms. The second kappa shape index (κ2) is 5.40. The van der Waals surface area contributed by atoms with Gasteiger partial charge >= 0.3 is 0 Å². The normalized spacial score (nSPS) is 35.1. The second-order valence-electron chi connectivity index (χ2n) is 6.55. The monoisotopic (exact) mass is 308 g/mol. The van der Waals surface area contributed by atoms with Crippen LogP contribution in [0.5, 0.6) is 0 Å². The molecule has 0 radical (unpaired) electrons. The predicted octanol–water partition coefficient (Wildman–Crippen LogP) is 3.27. The average molecular weight is 308 g/mol. The lowest BCUT2D eigenvalue weighted by Gasteiger charge is -2.46. The Labute approximate surface area is 127 Å². The molecule has 1 aliphatic carbocycles. The largest absolute Gasteiger partial charge is 0.385 e. The lowest BCUT2D eigenvalue weighted by atomic mass is 9.65. The summed E-state index contributed by atoms with van der Waals surface area (Å²) in [5, 5.41) is 11.4. The van der Waals surface area contributed by atoms with E-state index in [9.17, 15) is 13.5 Å². The number of benzene rings is 1. The van der Waals surface area contributed by atoms with Crippen molar-refractivity contribution in [1.29, 1.82) is 0 Å². The highest BCUT2D eigenvalue weighted by Crippen LogP contribution is 2.49. The highest BCUT2D eigenvalue weighted by Gasteiger charge is 2.48. The molecule has 0 amide bonds. The van der Waals surface area contributed by atoms with Gasteiger partial charge < -0.3 is 5.11 Å². The summed E-state index contributed by atoms with van der Waals surface area (Å²) in [5.74, 6) is 0.749. The average Bonchev–Trinajstić information content (AvgIpc) is 2.52. The minimum absolute atomic E-state index is 0.0629. The molecule has 21 heavy (non-hydrogen) atoms. The molecule has 1 aromatic rings. The Morgan fingerprint density at radius 2 is 1.95 bits per heavy atom. The molecule has 3 atom stereocenters. The number of fused-ring (bicyclic) bond motifs is 1. The standard InChI is InChI=1S/C17H24O3S/c1-2-13-7-3-4-8-14(13)17(18)11-12-21(19,20)16-10-6-5-9-15(16)17/h5-6,9-10,13-14,18H,2-4,7-8,11-12H2,1H3. The van der Waals surface area contributed by atoms with E-state index in [2.05, 4.69) is 6.92 Å². The Hall–Kier alpha value is -0.870. The maximum Gasteiger partial charge on any atom is 0.178 e. The van der Waals surface area contributed by atoms with Crippen LogP contribution in [0, 0.1) is 11.8 Å². The van der Waals surface area contributed by atoms with E-state index in [1.807, 2.05) is 12.1 Å². The summed E-state index contributed by atoms with van der Waals surface area (Å²) >= 11 is 0. The lowest BCUT2D eigenvalue weighted by molar-refractivity contribution is -0.0703. The molecule has 0 aromatic heterocycles. The highest BCUT2D eigenvalue weighted by atomic mass is 32.2. The molecule has 1 fully saturated rings.